The van der Waals surface area contributed by atoms with Crippen molar-refractivity contribution in [3.63, 3.8) is 0 Å². The van der Waals surface area contributed by atoms with Crippen LogP contribution in [0.3, 0.4) is 0 Å². The van der Waals surface area contributed by atoms with Crippen molar-refractivity contribution in [2.75, 3.05) is 56.7 Å². The minimum atomic E-state index is -0.210. The molecule has 1 aliphatic heterocycles. The van der Waals surface area contributed by atoms with E-state index in [1.54, 1.807) is 24.4 Å². The summed E-state index contributed by atoms with van der Waals surface area (Å²) < 4.78 is 11.1. The van der Waals surface area contributed by atoms with Crippen LogP contribution in [0.15, 0.2) is 36.5 Å². The first-order chi connectivity index (χ1) is 13.6. The first-order valence-corrected chi connectivity index (χ1v) is 9.71. The lowest BCUT2D eigenvalue weighted by Crippen LogP contribution is -2.44. The number of likely N-dealkylation sites (N-methyl/N-ethyl adjacent to an activating group) is 1. The number of piperazine rings is 1. The van der Waals surface area contributed by atoms with Crippen molar-refractivity contribution >= 4 is 17.4 Å². The molecule has 7 heteroatoms. The maximum Gasteiger partial charge on any atom is 0.255 e. The Morgan fingerprint density at radius 2 is 1.75 bits per heavy atom. The first kappa shape index (κ1) is 19.9. The number of ether oxygens (including phenoxy) is 2. The number of carbonyl (C=O) groups is 1. The Bertz CT molecular complexity index is 787. The standard InChI is InChI=1S/C21H28N4O3/c1-4-27-18-8-6-16(14-19(18)28-5-2)21(26)23-17-7-9-20(22-15-17)25-12-10-24(3)11-13-25/h6-9,14-15H,4-5,10-13H2,1-3H3,(H,23,26). The molecule has 1 aromatic carbocycles. The summed E-state index contributed by atoms with van der Waals surface area (Å²) in [5, 5.41) is 2.89. The van der Waals surface area contributed by atoms with E-state index >= 15 is 0 Å². The number of amides is 1. The monoisotopic (exact) mass is 384 g/mol. The number of benzene rings is 1. The van der Waals surface area contributed by atoms with Gasteiger partial charge in [0.1, 0.15) is 5.82 Å². The van der Waals surface area contributed by atoms with Gasteiger partial charge < -0.3 is 24.6 Å². The Kier molecular flexibility index (Phi) is 6.71. The smallest absolute Gasteiger partial charge is 0.255 e. The van der Waals surface area contributed by atoms with E-state index in [9.17, 15) is 4.79 Å². The highest BCUT2D eigenvalue weighted by atomic mass is 16.5. The van der Waals surface area contributed by atoms with Crippen molar-refractivity contribution < 1.29 is 14.3 Å². The lowest BCUT2D eigenvalue weighted by molar-refractivity contribution is 0.102. The lowest BCUT2D eigenvalue weighted by atomic mass is 10.2. The van der Waals surface area contributed by atoms with E-state index in [0.717, 1.165) is 32.0 Å². The molecule has 1 fully saturated rings. The third-order valence-corrected chi connectivity index (χ3v) is 4.64. The number of hydrogen-bond acceptors (Lipinski definition) is 6. The molecule has 0 radical (unpaired) electrons. The Hall–Kier alpha value is -2.80. The molecule has 0 bridgehead atoms. The second-order valence-corrected chi connectivity index (χ2v) is 6.68. The SMILES string of the molecule is CCOc1ccc(C(=O)Nc2ccc(N3CCN(C)CC3)nc2)cc1OCC. The fourth-order valence-corrected chi connectivity index (χ4v) is 3.08. The molecule has 1 N–H and O–H groups in total. The van der Waals surface area contributed by atoms with Crippen molar-refractivity contribution in [3.8, 4) is 11.5 Å². The van der Waals surface area contributed by atoms with Gasteiger partial charge in [-0.05, 0) is 51.2 Å². The summed E-state index contributed by atoms with van der Waals surface area (Å²) in [5.41, 5.74) is 1.17. The summed E-state index contributed by atoms with van der Waals surface area (Å²) in [6.07, 6.45) is 1.70. The number of anilines is 2. The van der Waals surface area contributed by atoms with Crippen LogP contribution in [0.2, 0.25) is 0 Å². The van der Waals surface area contributed by atoms with Crippen molar-refractivity contribution in [3.05, 3.63) is 42.1 Å². The Morgan fingerprint density at radius 3 is 2.39 bits per heavy atom. The van der Waals surface area contributed by atoms with E-state index < -0.39 is 0 Å². The topological polar surface area (TPSA) is 66.9 Å². The summed E-state index contributed by atoms with van der Waals surface area (Å²) in [6.45, 7) is 8.83. The van der Waals surface area contributed by atoms with Gasteiger partial charge in [0.15, 0.2) is 11.5 Å². The maximum atomic E-state index is 12.6. The summed E-state index contributed by atoms with van der Waals surface area (Å²) in [4.78, 5) is 21.7. The number of aromatic nitrogens is 1. The van der Waals surface area contributed by atoms with Crippen LogP contribution in [0, 0.1) is 0 Å². The predicted octanol–water partition coefficient (Wildman–Crippen LogP) is 2.88. The molecule has 2 aromatic rings. The third kappa shape index (κ3) is 4.92. The largest absolute Gasteiger partial charge is 0.490 e. The molecule has 2 heterocycles. The Morgan fingerprint density at radius 1 is 1.04 bits per heavy atom. The average Bonchev–Trinajstić information content (AvgIpc) is 2.71. The van der Waals surface area contributed by atoms with Crippen molar-refractivity contribution in [2.45, 2.75) is 13.8 Å². The van der Waals surface area contributed by atoms with Crippen LogP contribution in [0.25, 0.3) is 0 Å². The Labute approximate surface area is 166 Å². The molecule has 7 nitrogen and oxygen atoms in total. The molecule has 0 atom stereocenters. The number of pyridine rings is 1. The number of hydrogen-bond donors (Lipinski definition) is 1. The van der Waals surface area contributed by atoms with Crippen LogP contribution in [-0.2, 0) is 0 Å². The molecule has 0 unspecified atom stereocenters. The van der Waals surface area contributed by atoms with Gasteiger partial charge in [0, 0.05) is 31.7 Å². The highest BCUT2D eigenvalue weighted by Crippen LogP contribution is 2.29. The van der Waals surface area contributed by atoms with Gasteiger partial charge in [0.05, 0.1) is 25.1 Å². The third-order valence-electron chi connectivity index (χ3n) is 4.64. The van der Waals surface area contributed by atoms with E-state index in [4.69, 9.17) is 9.47 Å². The minimum absolute atomic E-state index is 0.210. The van der Waals surface area contributed by atoms with E-state index in [1.807, 2.05) is 26.0 Å². The Balaban J connectivity index is 1.66. The van der Waals surface area contributed by atoms with Gasteiger partial charge in [-0.25, -0.2) is 4.98 Å². The number of nitrogens with one attached hydrogen (secondary N) is 1. The molecule has 0 saturated carbocycles. The van der Waals surface area contributed by atoms with E-state index in [1.165, 1.54) is 0 Å². The molecular weight excluding hydrogens is 356 g/mol. The fraction of sp³-hybridized carbons (Fsp3) is 0.429. The van der Waals surface area contributed by atoms with Gasteiger partial charge in [-0.2, -0.15) is 0 Å². The quantitative estimate of drug-likeness (QED) is 0.792. The first-order valence-electron chi connectivity index (χ1n) is 9.71. The molecule has 150 valence electrons. The zero-order valence-corrected chi connectivity index (χ0v) is 16.8. The summed E-state index contributed by atoms with van der Waals surface area (Å²) >= 11 is 0. The van der Waals surface area contributed by atoms with Crippen molar-refractivity contribution in [2.24, 2.45) is 0 Å². The van der Waals surface area contributed by atoms with E-state index in [0.29, 0.717) is 36.0 Å². The average molecular weight is 384 g/mol. The molecular formula is C21H28N4O3. The normalized spacial score (nSPS) is 14.6. The number of nitrogens with zero attached hydrogens (tertiary/aromatic N) is 3. The highest BCUT2D eigenvalue weighted by Gasteiger charge is 2.16. The van der Waals surface area contributed by atoms with Crippen LogP contribution < -0.4 is 19.7 Å². The van der Waals surface area contributed by atoms with Crippen LogP contribution in [0.4, 0.5) is 11.5 Å². The summed E-state index contributed by atoms with van der Waals surface area (Å²) in [5.74, 6) is 1.93. The molecule has 1 aliphatic rings. The van der Waals surface area contributed by atoms with Crippen molar-refractivity contribution in [1.29, 1.82) is 0 Å². The molecule has 28 heavy (non-hydrogen) atoms. The molecule has 1 saturated heterocycles. The van der Waals surface area contributed by atoms with E-state index in [2.05, 4.69) is 27.1 Å². The predicted molar refractivity (Wildman–Crippen MR) is 111 cm³/mol. The second kappa shape index (κ2) is 9.41. The van der Waals surface area contributed by atoms with E-state index in [-0.39, 0.29) is 5.91 Å². The van der Waals surface area contributed by atoms with Gasteiger partial charge in [0.25, 0.3) is 5.91 Å². The molecule has 3 rings (SSSR count). The van der Waals surface area contributed by atoms with Gasteiger partial charge in [0.2, 0.25) is 0 Å². The fourth-order valence-electron chi connectivity index (χ4n) is 3.08. The van der Waals surface area contributed by atoms with Crippen LogP contribution in [0.5, 0.6) is 11.5 Å². The zero-order valence-electron chi connectivity index (χ0n) is 16.8. The van der Waals surface area contributed by atoms with Crippen LogP contribution >= 0.6 is 0 Å². The number of rotatable bonds is 7. The summed E-state index contributed by atoms with van der Waals surface area (Å²) in [6, 6.07) is 9.03. The van der Waals surface area contributed by atoms with Crippen LogP contribution in [-0.4, -0.2) is 62.2 Å². The highest BCUT2D eigenvalue weighted by molar-refractivity contribution is 6.04. The second-order valence-electron chi connectivity index (χ2n) is 6.68. The molecule has 1 aromatic heterocycles. The van der Waals surface area contributed by atoms with Gasteiger partial charge in [-0.1, -0.05) is 0 Å². The molecule has 0 aliphatic carbocycles. The lowest BCUT2D eigenvalue weighted by Gasteiger charge is -2.33. The molecule has 1 amide bonds. The van der Waals surface area contributed by atoms with Gasteiger partial charge >= 0.3 is 0 Å². The summed E-state index contributed by atoms with van der Waals surface area (Å²) in [7, 11) is 2.13. The number of carbonyl (C=O) groups excluding carboxylic acids is 1. The zero-order chi connectivity index (χ0) is 19.9. The van der Waals surface area contributed by atoms with Crippen molar-refractivity contribution in [1.82, 2.24) is 9.88 Å². The molecule has 0 spiro atoms. The van der Waals surface area contributed by atoms with Gasteiger partial charge in [-0.3, -0.25) is 4.79 Å². The van der Waals surface area contributed by atoms with Crippen LogP contribution in [0.1, 0.15) is 24.2 Å². The minimum Gasteiger partial charge on any atom is -0.490 e. The maximum absolute atomic E-state index is 12.6. The van der Waals surface area contributed by atoms with Gasteiger partial charge in [-0.15, -0.1) is 0 Å².